The zero-order valence-corrected chi connectivity index (χ0v) is 18.8. The average molecular weight is 461 g/mol. The molecule has 5 heteroatoms. The summed E-state index contributed by atoms with van der Waals surface area (Å²) in [7, 11) is 0. The second kappa shape index (κ2) is 7.56. The summed E-state index contributed by atoms with van der Waals surface area (Å²) in [6.07, 6.45) is 0. The van der Waals surface area contributed by atoms with Gasteiger partial charge in [0.1, 0.15) is 28.9 Å². The first-order chi connectivity index (χ1) is 17.7. The van der Waals surface area contributed by atoms with Gasteiger partial charge in [0.05, 0.1) is 0 Å². The molecule has 7 aromatic rings. The highest BCUT2D eigenvalue weighted by molar-refractivity contribution is 6.15. The van der Waals surface area contributed by atoms with Crippen molar-refractivity contribution in [3.05, 3.63) is 102 Å². The van der Waals surface area contributed by atoms with Crippen molar-refractivity contribution in [1.29, 1.82) is 10.5 Å². The third-order valence-electron chi connectivity index (χ3n) is 6.60. The number of pyridine rings is 1. The zero-order chi connectivity index (χ0) is 24.2. The minimum Gasteiger partial charge on any atom is -0.456 e. The summed E-state index contributed by atoms with van der Waals surface area (Å²) in [6, 6.07) is 34.0. The fraction of sp³-hybridized carbons (Fsp3) is 0. The molecule has 0 unspecified atom stereocenters. The van der Waals surface area contributed by atoms with Crippen molar-refractivity contribution in [3.63, 3.8) is 0 Å². The molecular formula is C31H15N3O2. The number of fused-ring (bicyclic) bond motifs is 6. The fourth-order valence-electron chi connectivity index (χ4n) is 4.98. The number of hydrogen-bond donors (Lipinski definition) is 0. The monoisotopic (exact) mass is 461 g/mol. The Hall–Kier alpha value is -5.39. The molecule has 7 rings (SSSR count). The molecule has 36 heavy (non-hydrogen) atoms. The first kappa shape index (κ1) is 20.0. The highest BCUT2D eigenvalue weighted by Gasteiger charge is 2.22. The largest absolute Gasteiger partial charge is 0.456 e. The van der Waals surface area contributed by atoms with Gasteiger partial charge in [-0.15, -0.1) is 0 Å². The molecule has 0 saturated heterocycles. The maximum atomic E-state index is 9.91. The first-order valence-corrected chi connectivity index (χ1v) is 11.4. The summed E-state index contributed by atoms with van der Waals surface area (Å²) in [5, 5.41) is 23.3. The van der Waals surface area contributed by atoms with Gasteiger partial charge in [-0.1, -0.05) is 60.7 Å². The number of aromatic nitrogens is 1. The Kier molecular flexibility index (Phi) is 4.21. The summed E-state index contributed by atoms with van der Waals surface area (Å²) in [4.78, 5) is 4.32. The maximum absolute atomic E-state index is 9.91. The van der Waals surface area contributed by atoms with E-state index in [4.69, 9.17) is 8.83 Å². The molecular weight excluding hydrogens is 446 g/mol. The average Bonchev–Trinajstić information content (AvgIpc) is 3.50. The standard InChI is InChI=1S/C31H15N3O2/c32-16-24-29(18-6-2-1-3-7-18)30-23-15-20(11-13-28(23)36-31(30)25(17-33)34-24)19-10-12-27-22(14-19)21-8-4-5-9-26(21)35-27/h1-15H. The van der Waals surface area contributed by atoms with Gasteiger partial charge >= 0.3 is 0 Å². The van der Waals surface area contributed by atoms with Crippen LogP contribution in [-0.4, -0.2) is 4.98 Å². The van der Waals surface area contributed by atoms with E-state index in [1.165, 1.54) is 0 Å². The second-order valence-electron chi connectivity index (χ2n) is 8.60. The van der Waals surface area contributed by atoms with E-state index in [2.05, 4.69) is 35.3 Å². The summed E-state index contributed by atoms with van der Waals surface area (Å²) in [6.45, 7) is 0. The number of hydrogen-bond acceptors (Lipinski definition) is 5. The lowest BCUT2D eigenvalue weighted by Gasteiger charge is -2.07. The molecule has 0 radical (unpaired) electrons. The van der Waals surface area contributed by atoms with Gasteiger partial charge < -0.3 is 8.83 Å². The van der Waals surface area contributed by atoms with Crippen molar-refractivity contribution in [2.24, 2.45) is 0 Å². The highest BCUT2D eigenvalue weighted by atomic mass is 16.3. The van der Waals surface area contributed by atoms with Crippen molar-refractivity contribution >= 4 is 43.9 Å². The predicted octanol–water partition coefficient (Wildman–Crippen LogP) is 7.96. The van der Waals surface area contributed by atoms with Crippen LogP contribution in [0.1, 0.15) is 11.4 Å². The van der Waals surface area contributed by atoms with Crippen LogP contribution in [0.25, 0.3) is 66.1 Å². The fourth-order valence-corrected chi connectivity index (χ4v) is 4.98. The van der Waals surface area contributed by atoms with Crippen LogP contribution >= 0.6 is 0 Å². The molecule has 166 valence electrons. The van der Waals surface area contributed by atoms with Crippen LogP contribution in [0.15, 0.2) is 99.8 Å². The van der Waals surface area contributed by atoms with Gasteiger partial charge in [-0.05, 0) is 47.0 Å². The van der Waals surface area contributed by atoms with Crippen molar-refractivity contribution in [3.8, 4) is 34.4 Å². The van der Waals surface area contributed by atoms with E-state index in [1.54, 1.807) is 0 Å². The summed E-state index contributed by atoms with van der Waals surface area (Å²) < 4.78 is 12.1. The number of nitrogens with zero attached hydrogens (tertiary/aromatic N) is 3. The van der Waals surface area contributed by atoms with Gasteiger partial charge in [0.15, 0.2) is 17.0 Å². The third kappa shape index (κ3) is 2.84. The first-order valence-electron chi connectivity index (χ1n) is 11.4. The lowest BCUT2D eigenvalue weighted by atomic mass is 9.95. The van der Waals surface area contributed by atoms with E-state index in [9.17, 15) is 10.5 Å². The van der Waals surface area contributed by atoms with E-state index in [1.807, 2.05) is 72.8 Å². The Morgan fingerprint density at radius 3 is 1.94 bits per heavy atom. The van der Waals surface area contributed by atoms with Gasteiger partial charge in [-0.25, -0.2) is 4.98 Å². The number of rotatable bonds is 2. The Labute approximate surface area is 205 Å². The topological polar surface area (TPSA) is 86.8 Å². The predicted molar refractivity (Wildman–Crippen MR) is 139 cm³/mol. The van der Waals surface area contributed by atoms with E-state index in [-0.39, 0.29) is 11.4 Å². The van der Waals surface area contributed by atoms with Crippen LogP contribution in [0.4, 0.5) is 0 Å². The molecule has 5 nitrogen and oxygen atoms in total. The van der Waals surface area contributed by atoms with Crippen LogP contribution in [-0.2, 0) is 0 Å². The Bertz CT molecular complexity index is 2070. The minimum atomic E-state index is 0.102. The van der Waals surface area contributed by atoms with E-state index >= 15 is 0 Å². The number of para-hydroxylation sites is 1. The Morgan fingerprint density at radius 1 is 0.556 bits per heavy atom. The normalized spacial score (nSPS) is 11.3. The minimum absolute atomic E-state index is 0.102. The smallest absolute Gasteiger partial charge is 0.185 e. The lowest BCUT2D eigenvalue weighted by molar-refractivity contribution is 0.665. The number of nitriles is 2. The molecule has 3 heterocycles. The molecule has 0 saturated carbocycles. The third-order valence-corrected chi connectivity index (χ3v) is 6.60. The molecule has 0 aliphatic carbocycles. The molecule has 0 atom stereocenters. The number of furan rings is 2. The zero-order valence-electron chi connectivity index (χ0n) is 18.8. The van der Waals surface area contributed by atoms with E-state index in [0.29, 0.717) is 16.7 Å². The highest BCUT2D eigenvalue weighted by Crippen LogP contribution is 2.41. The SMILES string of the molecule is N#Cc1nc(C#N)c2oc3ccc(-c4ccc5oc6ccccc6c5c4)cc3c2c1-c1ccccc1. The molecule has 3 aromatic heterocycles. The summed E-state index contributed by atoms with van der Waals surface area (Å²) in [5.74, 6) is 0. The molecule has 0 aliphatic heterocycles. The Balaban J connectivity index is 1.54. The van der Waals surface area contributed by atoms with Gasteiger partial charge in [0.25, 0.3) is 0 Å². The molecule has 0 aliphatic rings. The molecule has 0 bridgehead atoms. The molecule has 0 N–H and O–H groups in total. The Morgan fingerprint density at radius 2 is 1.19 bits per heavy atom. The van der Waals surface area contributed by atoms with Crippen molar-refractivity contribution in [2.45, 2.75) is 0 Å². The van der Waals surface area contributed by atoms with E-state index < -0.39 is 0 Å². The van der Waals surface area contributed by atoms with E-state index in [0.717, 1.165) is 49.4 Å². The van der Waals surface area contributed by atoms with Crippen LogP contribution in [0.2, 0.25) is 0 Å². The van der Waals surface area contributed by atoms with Crippen molar-refractivity contribution in [2.75, 3.05) is 0 Å². The van der Waals surface area contributed by atoms with Crippen LogP contribution in [0, 0.1) is 22.7 Å². The lowest BCUT2D eigenvalue weighted by Crippen LogP contribution is -1.94. The van der Waals surface area contributed by atoms with Crippen LogP contribution in [0.5, 0.6) is 0 Å². The van der Waals surface area contributed by atoms with Gasteiger partial charge in [-0.3, -0.25) is 0 Å². The maximum Gasteiger partial charge on any atom is 0.185 e. The summed E-state index contributed by atoms with van der Waals surface area (Å²) in [5.41, 5.74) is 6.54. The van der Waals surface area contributed by atoms with Gasteiger partial charge in [0, 0.05) is 27.1 Å². The molecule has 4 aromatic carbocycles. The molecule has 0 spiro atoms. The molecule has 0 fully saturated rings. The van der Waals surface area contributed by atoms with Crippen LogP contribution in [0.3, 0.4) is 0 Å². The van der Waals surface area contributed by atoms with Gasteiger partial charge in [0.2, 0.25) is 0 Å². The second-order valence-corrected chi connectivity index (χ2v) is 8.60. The molecule has 0 amide bonds. The van der Waals surface area contributed by atoms with Crippen LogP contribution < -0.4 is 0 Å². The summed E-state index contributed by atoms with van der Waals surface area (Å²) >= 11 is 0. The van der Waals surface area contributed by atoms with Crippen molar-refractivity contribution < 1.29 is 8.83 Å². The number of benzene rings is 4. The van der Waals surface area contributed by atoms with Gasteiger partial charge in [-0.2, -0.15) is 10.5 Å². The quantitative estimate of drug-likeness (QED) is 0.261. The van der Waals surface area contributed by atoms with Crippen molar-refractivity contribution in [1.82, 2.24) is 4.98 Å².